The van der Waals surface area contributed by atoms with Gasteiger partial charge in [0.2, 0.25) is 0 Å². The van der Waals surface area contributed by atoms with Gasteiger partial charge in [0.05, 0.1) is 20.1 Å². The van der Waals surface area contributed by atoms with E-state index in [2.05, 4.69) is 9.47 Å². The van der Waals surface area contributed by atoms with Crippen molar-refractivity contribution in [3.63, 3.8) is 0 Å². The van der Waals surface area contributed by atoms with Gasteiger partial charge in [0.15, 0.2) is 0 Å². The summed E-state index contributed by atoms with van der Waals surface area (Å²) in [6, 6.07) is 0. The molecule has 88 valence electrons. The molecule has 0 fully saturated rings. The zero-order valence-corrected chi connectivity index (χ0v) is 10.3. The Morgan fingerprint density at radius 3 is 2.40 bits per heavy atom. The number of hydrogen-bond donors (Lipinski definition) is 0. The highest BCUT2D eigenvalue weighted by Crippen LogP contribution is 2.15. The van der Waals surface area contributed by atoms with Crippen LogP contribution in [-0.2, 0) is 19.1 Å². The van der Waals surface area contributed by atoms with E-state index >= 15 is 0 Å². The van der Waals surface area contributed by atoms with Gasteiger partial charge in [0.25, 0.3) is 0 Å². The summed E-state index contributed by atoms with van der Waals surface area (Å²) in [6.07, 6.45) is 0.757. The van der Waals surface area contributed by atoms with Crippen LogP contribution in [0.4, 0.5) is 0 Å². The summed E-state index contributed by atoms with van der Waals surface area (Å²) in [4.78, 5) is 22.3. The molecule has 5 heteroatoms. The predicted octanol–water partition coefficient (Wildman–Crippen LogP) is 1.48. The Balaban J connectivity index is 4.00. The molecule has 0 spiro atoms. The lowest BCUT2D eigenvalue weighted by Gasteiger charge is -2.12. The Bertz CT molecular complexity index is 206. The summed E-state index contributed by atoms with van der Waals surface area (Å²) < 4.78 is 9.19. The number of carbonyl (C=O) groups excluding carboxylic acids is 2. The monoisotopic (exact) mass is 234 g/mol. The molecule has 0 aliphatic carbocycles. The van der Waals surface area contributed by atoms with Crippen LogP contribution in [0.2, 0.25) is 0 Å². The van der Waals surface area contributed by atoms with Gasteiger partial charge in [-0.15, -0.1) is 0 Å². The molecule has 0 aliphatic heterocycles. The smallest absolute Gasteiger partial charge is 0.309 e. The number of rotatable bonds is 7. The topological polar surface area (TPSA) is 52.6 Å². The van der Waals surface area contributed by atoms with E-state index in [0.717, 1.165) is 5.75 Å². The minimum absolute atomic E-state index is 0.209. The standard InChI is InChI=1S/C10H18O4S/c1-4-15-7-8(10(12)14-3)5-6-9(11)13-2/h8H,4-7H2,1-3H3. The summed E-state index contributed by atoms with van der Waals surface area (Å²) in [5.41, 5.74) is 0. The van der Waals surface area contributed by atoms with Gasteiger partial charge in [-0.3, -0.25) is 9.59 Å². The molecule has 0 heterocycles. The van der Waals surface area contributed by atoms with Gasteiger partial charge in [-0.1, -0.05) is 6.92 Å². The third kappa shape index (κ3) is 6.38. The van der Waals surface area contributed by atoms with Gasteiger partial charge in [0.1, 0.15) is 0 Å². The summed E-state index contributed by atoms with van der Waals surface area (Å²) in [5.74, 6) is 0.899. The van der Waals surface area contributed by atoms with Gasteiger partial charge >= 0.3 is 11.9 Å². The van der Waals surface area contributed by atoms with Crippen LogP contribution >= 0.6 is 11.8 Å². The second-order valence-corrected chi connectivity index (χ2v) is 4.31. The molecule has 1 atom stereocenters. The first-order chi connectivity index (χ1) is 7.15. The molecule has 0 aliphatic rings. The van der Waals surface area contributed by atoms with Crippen molar-refractivity contribution in [3.05, 3.63) is 0 Å². The Morgan fingerprint density at radius 1 is 1.27 bits per heavy atom. The lowest BCUT2D eigenvalue weighted by atomic mass is 10.1. The lowest BCUT2D eigenvalue weighted by Crippen LogP contribution is -2.20. The van der Waals surface area contributed by atoms with Crippen molar-refractivity contribution in [2.75, 3.05) is 25.7 Å². The molecule has 4 nitrogen and oxygen atoms in total. The maximum Gasteiger partial charge on any atom is 0.309 e. The zero-order chi connectivity index (χ0) is 11.7. The lowest BCUT2D eigenvalue weighted by molar-refractivity contribution is -0.145. The van der Waals surface area contributed by atoms with Crippen molar-refractivity contribution in [1.29, 1.82) is 0 Å². The first kappa shape index (κ1) is 14.3. The van der Waals surface area contributed by atoms with E-state index in [1.807, 2.05) is 6.92 Å². The molecule has 0 saturated carbocycles. The fourth-order valence-corrected chi connectivity index (χ4v) is 1.91. The van der Waals surface area contributed by atoms with Crippen molar-refractivity contribution in [2.45, 2.75) is 19.8 Å². The van der Waals surface area contributed by atoms with Crippen LogP contribution in [0.1, 0.15) is 19.8 Å². The molecule has 0 aromatic carbocycles. The second kappa shape index (κ2) is 8.59. The van der Waals surface area contributed by atoms with Crippen molar-refractivity contribution in [3.8, 4) is 0 Å². The highest BCUT2D eigenvalue weighted by molar-refractivity contribution is 7.99. The van der Waals surface area contributed by atoms with E-state index < -0.39 is 0 Å². The summed E-state index contributed by atoms with van der Waals surface area (Å²) in [5, 5.41) is 0. The minimum atomic E-state index is -0.287. The van der Waals surface area contributed by atoms with Gasteiger partial charge in [-0.2, -0.15) is 11.8 Å². The molecule has 0 radical (unpaired) electrons. The number of thioether (sulfide) groups is 1. The highest BCUT2D eigenvalue weighted by Gasteiger charge is 2.20. The van der Waals surface area contributed by atoms with E-state index in [4.69, 9.17) is 0 Å². The largest absolute Gasteiger partial charge is 0.469 e. The van der Waals surface area contributed by atoms with Crippen LogP contribution in [-0.4, -0.2) is 37.7 Å². The summed E-state index contributed by atoms with van der Waals surface area (Å²) in [6.45, 7) is 2.03. The summed E-state index contributed by atoms with van der Waals surface area (Å²) >= 11 is 1.67. The zero-order valence-electron chi connectivity index (χ0n) is 9.45. The van der Waals surface area contributed by atoms with Crippen LogP contribution in [0, 0.1) is 5.92 Å². The fraction of sp³-hybridized carbons (Fsp3) is 0.800. The Labute approximate surface area is 94.7 Å². The van der Waals surface area contributed by atoms with Crippen molar-refractivity contribution in [2.24, 2.45) is 5.92 Å². The van der Waals surface area contributed by atoms with Crippen molar-refractivity contribution < 1.29 is 19.1 Å². The number of hydrogen-bond acceptors (Lipinski definition) is 5. The highest BCUT2D eigenvalue weighted by atomic mass is 32.2. The van der Waals surface area contributed by atoms with E-state index in [-0.39, 0.29) is 24.3 Å². The third-order valence-corrected chi connectivity index (χ3v) is 3.03. The minimum Gasteiger partial charge on any atom is -0.469 e. The average Bonchev–Trinajstić information content (AvgIpc) is 2.27. The van der Waals surface area contributed by atoms with Gasteiger partial charge < -0.3 is 9.47 Å². The van der Waals surface area contributed by atoms with Crippen LogP contribution in [0.3, 0.4) is 0 Å². The summed E-state index contributed by atoms with van der Waals surface area (Å²) in [7, 11) is 2.71. The Morgan fingerprint density at radius 2 is 1.93 bits per heavy atom. The SMILES string of the molecule is CCSCC(CCC(=O)OC)C(=O)OC. The predicted molar refractivity (Wildman–Crippen MR) is 59.8 cm³/mol. The first-order valence-electron chi connectivity index (χ1n) is 4.88. The van der Waals surface area contributed by atoms with Gasteiger partial charge in [-0.05, 0) is 12.2 Å². The van der Waals surface area contributed by atoms with Gasteiger partial charge in [-0.25, -0.2) is 0 Å². The van der Waals surface area contributed by atoms with Crippen LogP contribution < -0.4 is 0 Å². The average molecular weight is 234 g/mol. The molecular formula is C10H18O4S. The second-order valence-electron chi connectivity index (χ2n) is 2.99. The van der Waals surface area contributed by atoms with Crippen LogP contribution in [0.5, 0.6) is 0 Å². The van der Waals surface area contributed by atoms with E-state index in [1.165, 1.54) is 14.2 Å². The first-order valence-corrected chi connectivity index (χ1v) is 6.03. The number of ether oxygens (including phenoxy) is 2. The van der Waals surface area contributed by atoms with Crippen molar-refractivity contribution in [1.82, 2.24) is 0 Å². The molecule has 0 aromatic heterocycles. The number of esters is 2. The molecule has 0 bridgehead atoms. The molecule has 0 amide bonds. The molecule has 0 rings (SSSR count). The quantitative estimate of drug-likeness (QED) is 0.624. The van der Waals surface area contributed by atoms with Crippen molar-refractivity contribution >= 4 is 23.7 Å². The maximum absolute atomic E-state index is 11.3. The Hall–Kier alpha value is -0.710. The van der Waals surface area contributed by atoms with E-state index in [0.29, 0.717) is 12.2 Å². The molecule has 0 saturated heterocycles. The number of carbonyl (C=O) groups is 2. The molecule has 0 aromatic rings. The van der Waals surface area contributed by atoms with E-state index in [1.54, 1.807) is 11.8 Å². The fourth-order valence-electron chi connectivity index (χ4n) is 1.09. The molecule has 1 unspecified atom stereocenters. The van der Waals surface area contributed by atoms with Gasteiger partial charge in [0, 0.05) is 12.2 Å². The Kier molecular flexibility index (Phi) is 8.18. The maximum atomic E-state index is 11.3. The third-order valence-electron chi connectivity index (χ3n) is 1.98. The van der Waals surface area contributed by atoms with E-state index in [9.17, 15) is 9.59 Å². The molecular weight excluding hydrogens is 216 g/mol. The molecule has 0 N–H and O–H groups in total. The normalized spacial score (nSPS) is 11.9. The van der Waals surface area contributed by atoms with Crippen LogP contribution in [0.15, 0.2) is 0 Å². The van der Waals surface area contributed by atoms with Crippen LogP contribution in [0.25, 0.3) is 0 Å². The number of methoxy groups -OCH3 is 2. The molecule has 15 heavy (non-hydrogen) atoms.